The van der Waals surface area contributed by atoms with E-state index in [0.717, 1.165) is 0 Å². The second-order valence-corrected chi connectivity index (χ2v) is 4.49. The summed E-state index contributed by atoms with van der Waals surface area (Å²) in [4.78, 5) is 22.5. The number of hydrogen-bond donors (Lipinski definition) is 3. The SMILES string of the molecule is CNCC(C)C(=O)N[C@H](CC(C)C)C(=O)O. The molecule has 16 heavy (non-hydrogen) atoms. The standard InChI is InChI=1S/C11H22N2O3/c1-7(2)5-9(11(15)16)13-10(14)8(3)6-12-4/h7-9,12H,5-6H2,1-4H3,(H,13,14)(H,15,16)/t8?,9-/m1/s1. The maximum absolute atomic E-state index is 11.6. The Balaban J connectivity index is 4.28. The Morgan fingerprint density at radius 3 is 2.19 bits per heavy atom. The molecule has 3 N–H and O–H groups in total. The molecule has 0 aliphatic rings. The van der Waals surface area contributed by atoms with Crippen molar-refractivity contribution in [3.8, 4) is 0 Å². The zero-order valence-electron chi connectivity index (χ0n) is 10.4. The summed E-state index contributed by atoms with van der Waals surface area (Å²) in [5.74, 6) is -1.18. The Bertz CT molecular complexity index is 241. The van der Waals surface area contributed by atoms with Crippen LogP contribution in [0.3, 0.4) is 0 Å². The highest BCUT2D eigenvalue weighted by atomic mass is 16.4. The molecule has 0 aromatic rings. The van der Waals surface area contributed by atoms with E-state index in [1.807, 2.05) is 13.8 Å². The Morgan fingerprint density at radius 2 is 1.81 bits per heavy atom. The number of carbonyl (C=O) groups is 2. The number of carboxylic acids is 1. The molecule has 0 aromatic carbocycles. The average Bonchev–Trinajstić information content (AvgIpc) is 2.16. The molecule has 5 nitrogen and oxygen atoms in total. The molecule has 0 rings (SSSR count). The van der Waals surface area contributed by atoms with Gasteiger partial charge in [0.1, 0.15) is 6.04 Å². The molecular formula is C11H22N2O3. The maximum Gasteiger partial charge on any atom is 0.326 e. The molecule has 0 heterocycles. The maximum atomic E-state index is 11.6. The van der Waals surface area contributed by atoms with Gasteiger partial charge < -0.3 is 15.7 Å². The smallest absolute Gasteiger partial charge is 0.326 e. The second-order valence-electron chi connectivity index (χ2n) is 4.49. The Hall–Kier alpha value is -1.10. The van der Waals surface area contributed by atoms with E-state index < -0.39 is 12.0 Å². The van der Waals surface area contributed by atoms with Gasteiger partial charge in [0, 0.05) is 12.5 Å². The normalized spacial score (nSPS) is 14.6. The topological polar surface area (TPSA) is 78.4 Å². The summed E-state index contributed by atoms with van der Waals surface area (Å²) in [6.07, 6.45) is 0.452. The fourth-order valence-electron chi connectivity index (χ4n) is 1.41. The Labute approximate surface area is 96.6 Å². The van der Waals surface area contributed by atoms with E-state index >= 15 is 0 Å². The minimum atomic E-state index is -0.973. The van der Waals surface area contributed by atoms with Crippen LogP contribution >= 0.6 is 0 Å². The highest BCUT2D eigenvalue weighted by molar-refractivity contribution is 5.84. The predicted octanol–water partition coefficient (Wildman–Crippen LogP) is 0.457. The van der Waals surface area contributed by atoms with E-state index in [1.54, 1.807) is 14.0 Å². The number of aliphatic carboxylic acids is 1. The molecule has 0 saturated heterocycles. The largest absolute Gasteiger partial charge is 0.480 e. The van der Waals surface area contributed by atoms with Gasteiger partial charge in [-0.3, -0.25) is 4.79 Å². The molecule has 0 fully saturated rings. The quantitative estimate of drug-likeness (QED) is 0.593. The summed E-state index contributed by atoms with van der Waals surface area (Å²) >= 11 is 0. The van der Waals surface area contributed by atoms with Crippen LogP contribution in [0.5, 0.6) is 0 Å². The van der Waals surface area contributed by atoms with Crippen molar-refractivity contribution in [2.75, 3.05) is 13.6 Å². The summed E-state index contributed by atoms with van der Waals surface area (Å²) in [6.45, 7) is 6.16. The number of rotatable bonds is 7. The Kier molecular flexibility index (Phi) is 6.72. The van der Waals surface area contributed by atoms with Gasteiger partial charge in [-0.1, -0.05) is 20.8 Å². The van der Waals surface area contributed by atoms with Gasteiger partial charge in [0.2, 0.25) is 5.91 Å². The lowest BCUT2D eigenvalue weighted by atomic mass is 10.0. The number of carboxylic acid groups (broad SMARTS) is 1. The minimum absolute atomic E-state index is 0.220. The molecule has 0 bridgehead atoms. The van der Waals surface area contributed by atoms with E-state index in [1.165, 1.54) is 0 Å². The van der Waals surface area contributed by atoms with E-state index in [9.17, 15) is 9.59 Å². The number of amides is 1. The first-order valence-electron chi connectivity index (χ1n) is 5.56. The van der Waals surface area contributed by atoms with Crippen LogP contribution in [0.4, 0.5) is 0 Å². The first-order chi connectivity index (χ1) is 7.38. The van der Waals surface area contributed by atoms with Crippen molar-refractivity contribution >= 4 is 11.9 Å². The lowest BCUT2D eigenvalue weighted by molar-refractivity contribution is -0.142. The average molecular weight is 230 g/mol. The molecule has 0 aromatic heterocycles. The summed E-state index contributed by atoms with van der Waals surface area (Å²) in [5.41, 5.74) is 0. The van der Waals surface area contributed by atoms with Gasteiger partial charge >= 0.3 is 5.97 Å². The van der Waals surface area contributed by atoms with Gasteiger partial charge in [0.25, 0.3) is 0 Å². The number of hydrogen-bond acceptors (Lipinski definition) is 3. The zero-order valence-corrected chi connectivity index (χ0v) is 10.4. The molecule has 0 aliphatic heterocycles. The zero-order chi connectivity index (χ0) is 12.7. The van der Waals surface area contributed by atoms with Gasteiger partial charge in [-0.15, -0.1) is 0 Å². The summed E-state index contributed by atoms with van der Waals surface area (Å²) in [6, 6.07) is -0.785. The van der Waals surface area contributed by atoms with E-state index in [2.05, 4.69) is 10.6 Å². The summed E-state index contributed by atoms with van der Waals surface area (Å²) in [5, 5.41) is 14.4. The van der Waals surface area contributed by atoms with Gasteiger partial charge in [-0.05, 0) is 19.4 Å². The van der Waals surface area contributed by atoms with E-state index in [-0.39, 0.29) is 17.7 Å². The van der Waals surface area contributed by atoms with Crippen molar-refractivity contribution in [3.05, 3.63) is 0 Å². The van der Waals surface area contributed by atoms with E-state index in [4.69, 9.17) is 5.11 Å². The van der Waals surface area contributed by atoms with Crippen molar-refractivity contribution in [1.82, 2.24) is 10.6 Å². The van der Waals surface area contributed by atoms with Gasteiger partial charge in [0.05, 0.1) is 0 Å². The third-order valence-corrected chi connectivity index (χ3v) is 2.28. The third kappa shape index (κ3) is 5.70. The highest BCUT2D eigenvalue weighted by Gasteiger charge is 2.23. The molecule has 2 atom stereocenters. The number of carbonyl (C=O) groups excluding carboxylic acids is 1. The molecule has 94 valence electrons. The molecule has 1 amide bonds. The van der Waals surface area contributed by atoms with Crippen LogP contribution in [-0.2, 0) is 9.59 Å². The molecule has 0 aliphatic carbocycles. The molecule has 5 heteroatoms. The van der Waals surface area contributed by atoms with Crippen LogP contribution in [-0.4, -0.2) is 36.6 Å². The van der Waals surface area contributed by atoms with Crippen LogP contribution in [0.2, 0.25) is 0 Å². The lowest BCUT2D eigenvalue weighted by Gasteiger charge is -2.19. The fraction of sp³-hybridized carbons (Fsp3) is 0.818. The molecule has 0 spiro atoms. The first kappa shape index (κ1) is 14.9. The van der Waals surface area contributed by atoms with Crippen LogP contribution < -0.4 is 10.6 Å². The summed E-state index contributed by atoms with van der Waals surface area (Å²) in [7, 11) is 1.76. The lowest BCUT2D eigenvalue weighted by Crippen LogP contribution is -2.45. The molecule has 0 radical (unpaired) electrons. The molecule has 0 saturated carbocycles. The van der Waals surface area contributed by atoms with Crippen LogP contribution in [0.1, 0.15) is 27.2 Å². The van der Waals surface area contributed by atoms with Gasteiger partial charge in [-0.25, -0.2) is 4.79 Å². The second kappa shape index (κ2) is 7.22. The van der Waals surface area contributed by atoms with Crippen LogP contribution in [0.15, 0.2) is 0 Å². The van der Waals surface area contributed by atoms with Gasteiger partial charge in [-0.2, -0.15) is 0 Å². The van der Waals surface area contributed by atoms with Crippen molar-refractivity contribution in [1.29, 1.82) is 0 Å². The monoisotopic (exact) mass is 230 g/mol. The van der Waals surface area contributed by atoms with Crippen molar-refractivity contribution in [2.24, 2.45) is 11.8 Å². The van der Waals surface area contributed by atoms with Crippen molar-refractivity contribution in [2.45, 2.75) is 33.2 Å². The predicted molar refractivity (Wildman–Crippen MR) is 62.1 cm³/mol. The molecule has 1 unspecified atom stereocenters. The Morgan fingerprint density at radius 1 is 1.25 bits per heavy atom. The fourth-order valence-corrected chi connectivity index (χ4v) is 1.41. The minimum Gasteiger partial charge on any atom is -0.480 e. The summed E-state index contributed by atoms with van der Waals surface area (Å²) < 4.78 is 0. The first-order valence-corrected chi connectivity index (χ1v) is 5.56. The van der Waals surface area contributed by atoms with Crippen LogP contribution in [0, 0.1) is 11.8 Å². The molecular weight excluding hydrogens is 208 g/mol. The number of nitrogens with one attached hydrogen (secondary N) is 2. The van der Waals surface area contributed by atoms with Crippen molar-refractivity contribution < 1.29 is 14.7 Å². The highest BCUT2D eigenvalue weighted by Crippen LogP contribution is 2.06. The van der Waals surface area contributed by atoms with Crippen LogP contribution in [0.25, 0.3) is 0 Å². The van der Waals surface area contributed by atoms with E-state index in [0.29, 0.717) is 13.0 Å². The van der Waals surface area contributed by atoms with Gasteiger partial charge in [0.15, 0.2) is 0 Å². The van der Waals surface area contributed by atoms with Crippen molar-refractivity contribution in [3.63, 3.8) is 0 Å². The third-order valence-electron chi connectivity index (χ3n) is 2.28.